The summed E-state index contributed by atoms with van der Waals surface area (Å²) in [6.45, 7) is 5.83. The molecule has 0 unspecified atom stereocenters. The molecule has 0 atom stereocenters. The van der Waals surface area contributed by atoms with Gasteiger partial charge in [-0.25, -0.2) is 0 Å². The highest BCUT2D eigenvalue weighted by Crippen LogP contribution is 2.42. The van der Waals surface area contributed by atoms with Crippen LogP contribution in [0.25, 0.3) is 0 Å². The average Bonchev–Trinajstić information content (AvgIpc) is 2.13. The van der Waals surface area contributed by atoms with E-state index in [0.717, 1.165) is 11.8 Å². The molecule has 0 aromatic rings. The number of hydrogen-bond acceptors (Lipinski definition) is 2. The second-order valence-electron chi connectivity index (χ2n) is 4.90. The van der Waals surface area contributed by atoms with E-state index in [9.17, 15) is 0 Å². The van der Waals surface area contributed by atoms with Gasteiger partial charge < -0.3 is 4.90 Å². The van der Waals surface area contributed by atoms with E-state index in [1.54, 1.807) is 0 Å². The maximum absolute atomic E-state index is 4.51. The summed E-state index contributed by atoms with van der Waals surface area (Å²) < 4.78 is 0. The van der Waals surface area contributed by atoms with Gasteiger partial charge in [0.25, 0.3) is 0 Å². The van der Waals surface area contributed by atoms with Crippen molar-refractivity contribution in [1.29, 1.82) is 0 Å². The fourth-order valence-corrected chi connectivity index (χ4v) is 3.03. The molecule has 0 spiro atoms. The molecule has 1 aliphatic carbocycles. The lowest BCUT2D eigenvalue weighted by molar-refractivity contribution is 0.0788. The van der Waals surface area contributed by atoms with Crippen molar-refractivity contribution in [2.24, 2.45) is 5.41 Å². The van der Waals surface area contributed by atoms with E-state index >= 15 is 0 Å². The Balaban J connectivity index is 2.41. The molecule has 2 heteroatoms. The molecule has 0 amide bonds. The van der Waals surface area contributed by atoms with Gasteiger partial charge in [0, 0.05) is 12.6 Å². The summed E-state index contributed by atoms with van der Waals surface area (Å²) in [6.07, 6.45) is 6.74. The van der Waals surface area contributed by atoms with Crippen molar-refractivity contribution in [1.82, 2.24) is 4.90 Å². The van der Waals surface area contributed by atoms with Crippen LogP contribution in [0.4, 0.5) is 0 Å². The van der Waals surface area contributed by atoms with E-state index in [-0.39, 0.29) is 0 Å². The summed E-state index contributed by atoms with van der Waals surface area (Å²) in [5.74, 6) is 1.07. The van der Waals surface area contributed by atoms with Gasteiger partial charge in [0.1, 0.15) is 0 Å². The van der Waals surface area contributed by atoms with Crippen molar-refractivity contribution in [3.05, 3.63) is 0 Å². The Morgan fingerprint density at radius 3 is 2.14 bits per heavy atom. The van der Waals surface area contributed by atoms with Crippen LogP contribution in [0.5, 0.6) is 0 Å². The minimum Gasteiger partial charge on any atom is -0.303 e. The van der Waals surface area contributed by atoms with E-state index in [4.69, 9.17) is 0 Å². The second-order valence-corrected chi connectivity index (χ2v) is 5.21. The van der Waals surface area contributed by atoms with Crippen molar-refractivity contribution < 1.29 is 0 Å². The number of hydrogen-bond donors (Lipinski definition) is 1. The summed E-state index contributed by atoms with van der Waals surface area (Å²) in [6, 6.07) is 0.771. The van der Waals surface area contributed by atoms with Crippen molar-refractivity contribution in [2.75, 3.05) is 19.3 Å². The maximum Gasteiger partial charge on any atom is 0.00872 e. The van der Waals surface area contributed by atoms with E-state index < -0.39 is 0 Å². The third-order valence-electron chi connectivity index (χ3n) is 3.90. The molecule has 84 valence electrons. The third kappa shape index (κ3) is 2.66. The lowest BCUT2D eigenvalue weighted by Gasteiger charge is -2.45. The highest BCUT2D eigenvalue weighted by molar-refractivity contribution is 7.80. The van der Waals surface area contributed by atoms with E-state index in [1.165, 1.54) is 38.6 Å². The molecule has 0 bridgehead atoms. The molecule has 0 heterocycles. The topological polar surface area (TPSA) is 3.24 Å². The number of nitrogens with zero attached hydrogens (tertiary/aromatic N) is 1. The molecule has 0 aliphatic heterocycles. The lowest BCUT2D eigenvalue weighted by atomic mass is 9.70. The fraction of sp³-hybridized carbons (Fsp3) is 1.00. The van der Waals surface area contributed by atoms with Crippen LogP contribution in [0, 0.1) is 5.41 Å². The molecule has 1 saturated carbocycles. The predicted octanol–water partition coefficient (Wildman–Crippen LogP) is 3.21. The maximum atomic E-state index is 4.51. The van der Waals surface area contributed by atoms with Crippen molar-refractivity contribution in [2.45, 2.75) is 52.0 Å². The third-order valence-corrected chi connectivity index (χ3v) is 4.57. The van der Waals surface area contributed by atoms with Gasteiger partial charge in [0.15, 0.2) is 0 Å². The Labute approximate surface area is 94.7 Å². The summed E-state index contributed by atoms with van der Waals surface area (Å²) in [7, 11) is 2.28. The molecule has 0 radical (unpaired) electrons. The Kier molecular flexibility index (Phi) is 4.78. The van der Waals surface area contributed by atoms with E-state index in [2.05, 4.69) is 38.4 Å². The van der Waals surface area contributed by atoms with Crippen LogP contribution >= 0.6 is 12.6 Å². The van der Waals surface area contributed by atoms with Crippen LogP contribution in [0.1, 0.15) is 46.0 Å². The molecule has 1 rings (SSSR count). The summed E-state index contributed by atoms with van der Waals surface area (Å²) >= 11 is 4.51. The zero-order valence-corrected chi connectivity index (χ0v) is 10.8. The van der Waals surface area contributed by atoms with Crippen LogP contribution in [0.3, 0.4) is 0 Å². The standard InChI is InChI=1S/C12H25NS/c1-4-11(5-2)13(3)9-12(10-14)7-6-8-12/h11,14H,4-10H2,1-3H3. The molecule has 0 aromatic heterocycles. The molecule has 0 saturated heterocycles. The molecule has 14 heavy (non-hydrogen) atoms. The van der Waals surface area contributed by atoms with Gasteiger partial charge in [-0.15, -0.1) is 0 Å². The first-order valence-electron chi connectivity index (χ1n) is 5.98. The Morgan fingerprint density at radius 1 is 1.29 bits per heavy atom. The van der Waals surface area contributed by atoms with Gasteiger partial charge in [-0.3, -0.25) is 0 Å². The first kappa shape index (κ1) is 12.4. The van der Waals surface area contributed by atoms with Crippen LogP contribution in [-0.2, 0) is 0 Å². The van der Waals surface area contributed by atoms with Gasteiger partial charge in [0.2, 0.25) is 0 Å². The summed E-state index contributed by atoms with van der Waals surface area (Å²) in [5, 5.41) is 0. The summed E-state index contributed by atoms with van der Waals surface area (Å²) in [5.41, 5.74) is 0.556. The molecule has 0 aromatic carbocycles. The molecular weight excluding hydrogens is 190 g/mol. The Bertz CT molecular complexity index is 156. The molecular formula is C12H25NS. The molecule has 1 nitrogen and oxygen atoms in total. The highest BCUT2D eigenvalue weighted by atomic mass is 32.1. The van der Waals surface area contributed by atoms with Crippen LogP contribution in [-0.4, -0.2) is 30.3 Å². The van der Waals surface area contributed by atoms with Crippen molar-refractivity contribution in [3.8, 4) is 0 Å². The molecule has 0 N–H and O–H groups in total. The lowest BCUT2D eigenvalue weighted by Crippen LogP contribution is -2.45. The second kappa shape index (κ2) is 5.41. The Morgan fingerprint density at radius 2 is 1.86 bits per heavy atom. The average molecular weight is 215 g/mol. The molecule has 1 fully saturated rings. The van der Waals surface area contributed by atoms with Crippen LogP contribution in [0.15, 0.2) is 0 Å². The predicted molar refractivity (Wildman–Crippen MR) is 67.1 cm³/mol. The minimum atomic E-state index is 0.556. The van der Waals surface area contributed by atoms with Gasteiger partial charge in [-0.1, -0.05) is 20.3 Å². The normalized spacial score (nSPS) is 20.1. The molecule has 1 aliphatic rings. The highest BCUT2D eigenvalue weighted by Gasteiger charge is 2.37. The fourth-order valence-electron chi connectivity index (χ4n) is 2.61. The number of rotatable bonds is 6. The smallest absolute Gasteiger partial charge is 0.00872 e. The Hall–Kier alpha value is 0.310. The zero-order valence-electron chi connectivity index (χ0n) is 9.92. The first-order chi connectivity index (χ1) is 6.67. The zero-order chi connectivity index (χ0) is 10.6. The van der Waals surface area contributed by atoms with Gasteiger partial charge in [-0.2, -0.15) is 12.6 Å². The van der Waals surface area contributed by atoms with Crippen LogP contribution < -0.4 is 0 Å². The first-order valence-corrected chi connectivity index (χ1v) is 6.62. The van der Waals surface area contributed by atoms with Gasteiger partial charge in [0.05, 0.1) is 0 Å². The minimum absolute atomic E-state index is 0.556. The van der Waals surface area contributed by atoms with Gasteiger partial charge >= 0.3 is 0 Å². The van der Waals surface area contributed by atoms with Gasteiger partial charge in [-0.05, 0) is 43.9 Å². The SMILES string of the molecule is CCC(CC)N(C)CC1(CS)CCC1. The monoisotopic (exact) mass is 215 g/mol. The largest absolute Gasteiger partial charge is 0.303 e. The van der Waals surface area contributed by atoms with Crippen molar-refractivity contribution in [3.63, 3.8) is 0 Å². The van der Waals surface area contributed by atoms with Crippen LogP contribution in [0.2, 0.25) is 0 Å². The number of thiol groups is 1. The summed E-state index contributed by atoms with van der Waals surface area (Å²) in [4.78, 5) is 2.55. The van der Waals surface area contributed by atoms with E-state index in [0.29, 0.717) is 5.41 Å². The quantitative estimate of drug-likeness (QED) is 0.666. The van der Waals surface area contributed by atoms with Crippen molar-refractivity contribution >= 4 is 12.6 Å². The van der Waals surface area contributed by atoms with E-state index in [1.807, 2.05) is 0 Å².